The van der Waals surface area contributed by atoms with Crippen molar-refractivity contribution in [3.05, 3.63) is 41.0 Å². The Morgan fingerprint density at radius 3 is 2.90 bits per heavy atom. The zero-order valence-corrected chi connectivity index (χ0v) is 11.7. The van der Waals surface area contributed by atoms with E-state index in [4.69, 9.17) is 27.7 Å². The maximum absolute atomic E-state index is 13.6. The minimum atomic E-state index is -0.487. The number of hydrogen-bond donors (Lipinski definition) is 0. The summed E-state index contributed by atoms with van der Waals surface area (Å²) in [5.74, 6) is 0.876. The summed E-state index contributed by atoms with van der Waals surface area (Å²) in [7, 11) is 0. The lowest BCUT2D eigenvalue weighted by Crippen LogP contribution is -2.05. The van der Waals surface area contributed by atoms with Crippen molar-refractivity contribution in [2.75, 3.05) is 0 Å². The molecule has 0 N–H and O–H groups in total. The maximum atomic E-state index is 13.6. The van der Waals surface area contributed by atoms with Gasteiger partial charge in [0.2, 0.25) is 5.89 Å². The van der Waals surface area contributed by atoms with Gasteiger partial charge in [0.25, 0.3) is 0 Å². The Bertz CT molecular complexity index is 742. The molecule has 0 saturated carbocycles. The second-order valence-corrected chi connectivity index (χ2v) is 4.83. The summed E-state index contributed by atoms with van der Waals surface area (Å²) in [6.45, 7) is 0.516. The molecule has 0 spiro atoms. The molecule has 2 aromatic heterocycles. The van der Waals surface area contributed by atoms with Gasteiger partial charge in [-0.05, 0) is 6.07 Å². The van der Waals surface area contributed by atoms with Crippen LogP contribution in [0.3, 0.4) is 0 Å². The Labute approximate surface area is 123 Å². The summed E-state index contributed by atoms with van der Waals surface area (Å²) in [4.78, 5) is 8.29. The van der Waals surface area contributed by atoms with Crippen molar-refractivity contribution in [1.82, 2.24) is 19.7 Å². The number of aromatic nitrogens is 4. The van der Waals surface area contributed by atoms with E-state index in [9.17, 15) is 4.39 Å². The van der Waals surface area contributed by atoms with E-state index in [1.54, 1.807) is 0 Å². The molecular weight excluding hydrogens is 306 g/mol. The summed E-state index contributed by atoms with van der Waals surface area (Å²) in [5, 5.41) is 3.58. The van der Waals surface area contributed by atoms with E-state index in [1.807, 2.05) is 4.57 Å². The highest BCUT2D eigenvalue weighted by molar-refractivity contribution is 6.31. The number of benzene rings is 1. The summed E-state index contributed by atoms with van der Waals surface area (Å²) in [6, 6.07) is 2.85. The molecule has 0 fully saturated rings. The second-order valence-electron chi connectivity index (χ2n) is 4.15. The van der Waals surface area contributed by atoms with Crippen LogP contribution < -0.4 is 0 Å². The molecule has 8 heteroatoms. The van der Waals surface area contributed by atoms with Gasteiger partial charge in [0.15, 0.2) is 6.33 Å². The van der Waals surface area contributed by atoms with Gasteiger partial charge in [0, 0.05) is 19.0 Å². The van der Waals surface area contributed by atoms with Crippen LogP contribution in [-0.4, -0.2) is 19.7 Å². The summed E-state index contributed by atoms with van der Waals surface area (Å²) < 4.78 is 20.4. The summed E-state index contributed by atoms with van der Waals surface area (Å²) >= 11 is 11.6. The summed E-state index contributed by atoms with van der Waals surface area (Å²) in [6.07, 6.45) is 1.85. The van der Waals surface area contributed by atoms with Crippen molar-refractivity contribution in [1.29, 1.82) is 0 Å². The van der Waals surface area contributed by atoms with Crippen molar-refractivity contribution < 1.29 is 8.91 Å². The van der Waals surface area contributed by atoms with Crippen molar-refractivity contribution in [2.45, 2.75) is 18.8 Å². The molecule has 1 aromatic carbocycles. The number of fused-ring (bicyclic) bond motifs is 1. The molecule has 3 aromatic rings. The molecule has 0 radical (unpaired) electrons. The maximum Gasteiger partial charge on any atom is 0.228 e. The lowest BCUT2D eigenvalue weighted by atomic mass is 10.3. The van der Waals surface area contributed by atoms with E-state index in [-0.39, 0.29) is 10.9 Å². The number of imidazole rings is 1. The molecule has 5 nitrogen and oxygen atoms in total. The van der Waals surface area contributed by atoms with E-state index >= 15 is 0 Å². The van der Waals surface area contributed by atoms with Gasteiger partial charge in [-0.25, -0.2) is 9.37 Å². The fourth-order valence-electron chi connectivity index (χ4n) is 2.04. The molecule has 3 rings (SSSR count). The Kier molecular flexibility index (Phi) is 3.58. The van der Waals surface area contributed by atoms with Crippen molar-refractivity contribution in [3.8, 4) is 0 Å². The minimum Gasteiger partial charge on any atom is -0.340 e. The molecule has 0 amide bonds. The monoisotopic (exact) mass is 314 g/mol. The molecule has 0 aliphatic heterocycles. The molecular formula is C12H9Cl2FN4O. The smallest absolute Gasteiger partial charge is 0.228 e. The Balaban J connectivity index is 2.01. The molecule has 2 heterocycles. The predicted octanol–water partition coefficient (Wildman–Crippen LogP) is 3.19. The van der Waals surface area contributed by atoms with Crippen LogP contribution in [0.4, 0.5) is 4.39 Å². The van der Waals surface area contributed by atoms with E-state index in [0.29, 0.717) is 35.7 Å². The van der Waals surface area contributed by atoms with Gasteiger partial charge in [-0.3, -0.25) is 0 Å². The van der Waals surface area contributed by atoms with Gasteiger partial charge < -0.3 is 9.09 Å². The first-order chi connectivity index (χ1) is 9.69. The lowest BCUT2D eigenvalue weighted by Gasteiger charge is -2.06. The molecule has 0 aliphatic carbocycles. The number of aryl methyl sites for hydroxylation is 2. The molecule has 20 heavy (non-hydrogen) atoms. The average molecular weight is 315 g/mol. The van der Waals surface area contributed by atoms with Gasteiger partial charge >= 0.3 is 0 Å². The highest BCUT2D eigenvalue weighted by Gasteiger charge is 2.14. The molecule has 0 atom stereocenters. The molecule has 0 saturated heterocycles. The Hall–Kier alpha value is -1.66. The number of alkyl halides is 1. The largest absolute Gasteiger partial charge is 0.340 e. The Morgan fingerprint density at radius 1 is 1.35 bits per heavy atom. The van der Waals surface area contributed by atoms with Gasteiger partial charge in [0.05, 0.1) is 21.9 Å². The molecule has 0 bridgehead atoms. The lowest BCUT2D eigenvalue weighted by molar-refractivity contribution is 0.371. The highest BCUT2D eigenvalue weighted by atomic mass is 35.5. The number of halogens is 3. The van der Waals surface area contributed by atoms with E-state index < -0.39 is 5.82 Å². The van der Waals surface area contributed by atoms with E-state index in [1.165, 1.54) is 18.5 Å². The van der Waals surface area contributed by atoms with Gasteiger partial charge in [-0.15, -0.1) is 11.6 Å². The molecule has 0 aliphatic rings. The van der Waals surface area contributed by atoms with E-state index in [0.717, 1.165) is 0 Å². The summed E-state index contributed by atoms with van der Waals surface area (Å²) in [5.41, 5.74) is 1.25. The minimum absolute atomic E-state index is 0.0418. The van der Waals surface area contributed by atoms with Crippen LogP contribution in [0.15, 0.2) is 23.0 Å². The van der Waals surface area contributed by atoms with Crippen LogP contribution in [0.2, 0.25) is 5.02 Å². The fourth-order valence-corrected chi connectivity index (χ4v) is 2.40. The van der Waals surface area contributed by atoms with Crippen LogP contribution in [-0.2, 0) is 18.8 Å². The molecule has 104 valence electrons. The SMILES string of the molecule is Fc1cc2c(cc1Cl)nc(CCl)n2CCc1ncno1. The first-order valence-electron chi connectivity index (χ1n) is 5.84. The fraction of sp³-hybridized carbons (Fsp3) is 0.250. The zero-order chi connectivity index (χ0) is 14.1. The predicted molar refractivity (Wildman–Crippen MR) is 72.3 cm³/mol. The third-order valence-electron chi connectivity index (χ3n) is 2.95. The van der Waals surface area contributed by atoms with Crippen LogP contribution in [0.25, 0.3) is 11.0 Å². The number of rotatable bonds is 4. The van der Waals surface area contributed by atoms with Crippen molar-refractivity contribution in [3.63, 3.8) is 0 Å². The topological polar surface area (TPSA) is 56.7 Å². The Morgan fingerprint density at radius 2 is 2.20 bits per heavy atom. The quantitative estimate of drug-likeness (QED) is 0.694. The number of nitrogens with zero attached hydrogens (tertiary/aromatic N) is 4. The third-order valence-corrected chi connectivity index (χ3v) is 3.47. The van der Waals surface area contributed by atoms with Crippen LogP contribution in [0.5, 0.6) is 0 Å². The van der Waals surface area contributed by atoms with Crippen LogP contribution in [0, 0.1) is 5.82 Å². The first-order valence-corrected chi connectivity index (χ1v) is 6.76. The van der Waals surface area contributed by atoms with Crippen molar-refractivity contribution >= 4 is 34.2 Å². The average Bonchev–Trinajstić information content (AvgIpc) is 3.05. The van der Waals surface area contributed by atoms with Gasteiger partial charge in [-0.2, -0.15) is 4.98 Å². The first kappa shape index (κ1) is 13.3. The second kappa shape index (κ2) is 5.38. The number of hydrogen-bond acceptors (Lipinski definition) is 4. The van der Waals surface area contributed by atoms with Crippen molar-refractivity contribution in [2.24, 2.45) is 0 Å². The van der Waals surface area contributed by atoms with E-state index in [2.05, 4.69) is 15.1 Å². The van der Waals surface area contributed by atoms with Gasteiger partial charge in [-0.1, -0.05) is 16.8 Å². The van der Waals surface area contributed by atoms with Crippen LogP contribution >= 0.6 is 23.2 Å². The third kappa shape index (κ3) is 2.36. The highest BCUT2D eigenvalue weighted by Crippen LogP contribution is 2.24. The van der Waals surface area contributed by atoms with Gasteiger partial charge in [0.1, 0.15) is 11.6 Å². The molecule has 0 unspecified atom stereocenters. The normalized spacial score (nSPS) is 11.3. The standard InChI is InChI=1S/C12H9Cl2FN4O/c13-5-11-18-9-3-7(14)8(15)4-10(9)19(11)2-1-12-16-6-17-20-12/h3-4,6H,1-2,5H2. The zero-order valence-electron chi connectivity index (χ0n) is 10.2. The van der Waals surface area contributed by atoms with Crippen LogP contribution in [0.1, 0.15) is 11.7 Å².